The Bertz CT molecular complexity index is 577. The lowest BCUT2D eigenvalue weighted by Gasteiger charge is -2.28. The van der Waals surface area contributed by atoms with Crippen molar-refractivity contribution in [1.29, 1.82) is 0 Å². The molecule has 0 spiro atoms. The summed E-state index contributed by atoms with van der Waals surface area (Å²) in [6, 6.07) is -1.58. The molecule has 0 saturated heterocycles. The predicted molar refractivity (Wildman–Crippen MR) is 68.3 cm³/mol. The lowest BCUT2D eigenvalue weighted by molar-refractivity contribution is -0.113. The molecular formula is C13H13F9N2O. The first-order valence-electron chi connectivity index (χ1n) is 7.05. The smallest absolute Gasteiger partial charge is 0.394 e. The number of aliphatic hydroxyl groups excluding tert-OH is 1. The number of nitrogens with zero attached hydrogens (tertiary/aromatic N) is 1. The Morgan fingerprint density at radius 3 is 2.00 bits per heavy atom. The van der Waals surface area contributed by atoms with E-state index in [2.05, 4.69) is 4.99 Å². The van der Waals surface area contributed by atoms with Crippen LogP contribution in [0.4, 0.5) is 39.5 Å². The van der Waals surface area contributed by atoms with Crippen molar-refractivity contribution in [1.82, 2.24) is 0 Å². The van der Waals surface area contributed by atoms with Gasteiger partial charge in [0.15, 0.2) is 6.17 Å². The van der Waals surface area contributed by atoms with E-state index in [9.17, 15) is 44.6 Å². The second kappa shape index (κ2) is 6.36. The summed E-state index contributed by atoms with van der Waals surface area (Å²) in [6.45, 7) is 0. The standard InChI is InChI=1S/C13H13F9N2O/c14-4-1-3(2-5(15)7(4)16)24-8-6(10(23)13(20,21)22)11(25)12(18,19)9(8)17/h3-5,7,9,11,25H,1-2,23H2/t3?,4-,5+,7?,9-,11-/m0/s1. The molecule has 0 heterocycles. The molecule has 3 N–H and O–H groups in total. The zero-order valence-corrected chi connectivity index (χ0v) is 12.3. The fourth-order valence-electron chi connectivity index (χ4n) is 2.77. The zero-order chi connectivity index (χ0) is 19.3. The van der Waals surface area contributed by atoms with Crippen LogP contribution in [0.5, 0.6) is 0 Å². The molecule has 2 aliphatic rings. The van der Waals surface area contributed by atoms with Crippen LogP contribution >= 0.6 is 0 Å². The summed E-state index contributed by atoms with van der Waals surface area (Å²) in [5.74, 6) is -4.66. The maximum Gasteiger partial charge on any atom is 0.431 e. The molecule has 2 fully saturated rings. The zero-order valence-electron chi connectivity index (χ0n) is 12.3. The van der Waals surface area contributed by atoms with Gasteiger partial charge in [0, 0.05) is 18.4 Å². The SMILES string of the molecule is NC(=C1C(=NC2C[C@@H](F)C(F)[C@@H](F)C2)[C@H](F)C(F)(F)[C@H]1O)C(F)(F)F. The lowest BCUT2D eigenvalue weighted by Crippen LogP contribution is -2.40. The fraction of sp³-hybridized carbons (Fsp3) is 0.769. The third kappa shape index (κ3) is 3.44. The quantitative estimate of drug-likeness (QED) is 0.684. The van der Waals surface area contributed by atoms with Crippen LogP contribution < -0.4 is 5.73 Å². The van der Waals surface area contributed by atoms with Crippen molar-refractivity contribution >= 4 is 5.71 Å². The van der Waals surface area contributed by atoms with Gasteiger partial charge in [-0.05, 0) is 0 Å². The van der Waals surface area contributed by atoms with Crippen LogP contribution in [0.2, 0.25) is 0 Å². The Hall–Kier alpha value is -1.46. The van der Waals surface area contributed by atoms with E-state index >= 15 is 0 Å². The molecule has 144 valence electrons. The van der Waals surface area contributed by atoms with Gasteiger partial charge in [-0.3, -0.25) is 4.99 Å². The lowest BCUT2D eigenvalue weighted by atomic mass is 9.91. The van der Waals surface area contributed by atoms with Crippen LogP contribution in [0.15, 0.2) is 16.3 Å². The van der Waals surface area contributed by atoms with Crippen LogP contribution in [-0.4, -0.2) is 59.7 Å². The Morgan fingerprint density at radius 1 is 1.08 bits per heavy atom. The highest BCUT2D eigenvalue weighted by Gasteiger charge is 2.62. The van der Waals surface area contributed by atoms with Crippen molar-refractivity contribution in [3.63, 3.8) is 0 Å². The van der Waals surface area contributed by atoms with Gasteiger partial charge in [-0.15, -0.1) is 0 Å². The van der Waals surface area contributed by atoms with Gasteiger partial charge >= 0.3 is 12.1 Å². The molecule has 0 amide bonds. The van der Waals surface area contributed by atoms with Crippen molar-refractivity contribution < 1.29 is 44.6 Å². The minimum absolute atomic E-state index is 0.835. The summed E-state index contributed by atoms with van der Waals surface area (Å²) < 4.78 is 119. The minimum Gasteiger partial charge on any atom is -0.394 e. The van der Waals surface area contributed by atoms with Crippen LogP contribution in [0, 0.1) is 0 Å². The minimum atomic E-state index is -5.38. The summed E-state index contributed by atoms with van der Waals surface area (Å²) in [5, 5.41) is 9.35. The van der Waals surface area contributed by atoms with E-state index < -0.39 is 78.8 Å². The first-order valence-corrected chi connectivity index (χ1v) is 7.05. The molecule has 0 aromatic rings. The summed E-state index contributed by atoms with van der Waals surface area (Å²) in [5.41, 5.74) is -0.697. The maximum atomic E-state index is 13.9. The largest absolute Gasteiger partial charge is 0.431 e. The molecule has 0 radical (unpaired) electrons. The predicted octanol–water partition coefficient (Wildman–Crippen LogP) is 2.73. The average molecular weight is 384 g/mol. The highest BCUT2D eigenvalue weighted by molar-refractivity contribution is 6.08. The number of hydrogen-bond donors (Lipinski definition) is 2. The van der Waals surface area contributed by atoms with E-state index in [0.29, 0.717) is 0 Å². The van der Waals surface area contributed by atoms with Crippen molar-refractivity contribution in [2.45, 2.75) is 61.8 Å². The number of allylic oxidation sites excluding steroid dienone is 1. The highest BCUT2D eigenvalue weighted by Crippen LogP contribution is 2.43. The van der Waals surface area contributed by atoms with E-state index in [-0.39, 0.29) is 0 Å². The monoisotopic (exact) mass is 384 g/mol. The van der Waals surface area contributed by atoms with E-state index in [1.807, 2.05) is 0 Å². The van der Waals surface area contributed by atoms with Gasteiger partial charge in [-0.2, -0.15) is 22.0 Å². The third-order valence-corrected chi connectivity index (χ3v) is 4.09. The molecule has 0 aromatic carbocycles. The fourth-order valence-corrected chi connectivity index (χ4v) is 2.77. The topological polar surface area (TPSA) is 58.6 Å². The van der Waals surface area contributed by atoms with E-state index in [4.69, 9.17) is 5.73 Å². The third-order valence-electron chi connectivity index (χ3n) is 4.09. The van der Waals surface area contributed by atoms with Crippen molar-refractivity contribution in [2.75, 3.05) is 0 Å². The van der Waals surface area contributed by atoms with Gasteiger partial charge in [0.1, 0.15) is 24.1 Å². The first kappa shape index (κ1) is 19.9. The molecule has 0 aromatic heterocycles. The van der Waals surface area contributed by atoms with Gasteiger partial charge in [0.05, 0.1) is 11.8 Å². The number of aliphatic imine (C=N–C) groups is 1. The van der Waals surface area contributed by atoms with Crippen molar-refractivity contribution in [2.24, 2.45) is 10.7 Å². The number of hydrogen-bond acceptors (Lipinski definition) is 3. The Balaban J connectivity index is 2.49. The molecule has 2 unspecified atom stereocenters. The van der Waals surface area contributed by atoms with Gasteiger partial charge in [-0.25, -0.2) is 17.6 Å². The second-order valence-electron chi connectivity index (χ2n) is 5.88. The molecule has 0 aliphatic heterocycles. The van der Waals surface area contributed by atoms with Crippen LogP contribution in [0.3, 0.4) is 0 Å². The van der Waals surface area contributed by atoms with Crippen LogP contribution in [-0.2, 0) is 0 Å². The van der Waals surface area contributed by atoms with Gasteiger partial charge in [0.2, 0.25) is 6.17 Å². The maximum absolute atomic E-state index is 13.9. The number of alkyl halides is 9. The van der Waals surface area contributed by atoms with E-state index in [1.54, 1.807) is 0 Å². The molecule has 2 aliphatic carbocycles. The molecule has 3 nitrogen and oxygen atoms in total. The molecule has 0 bridgehead atoms. The number of aliphatic hydroxyl groups is 1. The van der Waals surface area contributed by atoms with Crippen molar-refractivity contribution in [3.8, 4) is 0 Å². The molecular weight excluding hydrogens is 371 g/mol. The van der Waals surface area contributed by atoms with Gasteiger partial charge < -0.3 is 10.8 Å². The Kier molecular flexibility index (Phi) is 5.05. The molecule has 2 saturated carbocycles. The second-order valence-corrected chi connectivity index (χ2v) is 5.88. The first-order chi connectivity index (χ1) is 11.3. The molecule has 25 heavy (non-hydrogen) atoms. The molecule has 12 heteroatoms. The molecule has 6 atom stereocenters. The summed E-state index contributed by atoms with van der Waals surface area (Å²) >= 11 is 0. The normalized spacial score (nSPS) is 42.7. The number of rotatable bonds is 1. The average Bonchev–Trinajstić information content (AvgIpc) is 2.64. The number of nitrogens with two attached hydrogens (primary N) is 1. The van der Waals surface area contributed by atoms with Crippen LogP contribution in [0.1, 0.15) is 12.8 Å². The van der Waals surface area contributed by atoms with Gasteiger partial charge in [-0.1, -0.05) is 0 Å². The summed E-state index contributed by atoms with van der Waals surface area (Å²) in [6.07, 6.45) is -21.0. The molecule has 2 rings (SSSR count). The Labute approximate surface area is 135 Å². The van der Waals surface area contributed by atoms with Crippen LogP contribution in [0.25, 0.3) is 0 Å². The van der Waals surface area contributed by atoms with E-state index in [1.165, 1.54) is 0 Å². The summed E-state index contributed by atoms with van der Waals surface area (Å²) in [7, 11) is 0. The van der Waals surface area contributed by atoms with E-state index in [0.717, 1.165) is 0 Å². The Morgan fingerprint density at radius 2 is 1.56 bits per heavy atom. The van der Waals surface area contributed by atoms with Gasteiger partial charge in [0.25, 0.3) is 0 Å². The highest BCUT2D eigenvalue weighted by atomic mass is 19.4. The number of halogens is 9. The van der Waals surface area contributed by atoms with Crippen molar-refractivity contribution in [3.05, 3.63) is 11.3 Å². The summed E-state index contributed by atoms with van der Waals surface area (Å²) in [4.78, 5) is 3.23.